The van der Waals surface area contributed by atoms with Gasteiger partial charge in [-0.25, -0.2) is 0 Å². The molecule has 0 saturated heterocycles. The first-order valence-electron chi connectivity index (χ1n) is 6.24. The molecule has 94 valence electrons. The fourth-order valence-corrected chi connectivity index (χ4v) is 1.63. The maximum Gasteiger partial charge on any atom is 0.220 e. The van der Waals surface area contributed by atoms with Gasteiger partial charge in [-0.2, -0.15) is 0 Å². The van der Waals surface area contributed by atoms with Crippen LogP contribution in [0.2, 0.25) is 0 Å². The average molecular weight is 235 g/mol. The lowest BCUT2D eigenvalue weighted by Gasteiger charge is -2.04. The third-order valence-corrected chi connectivity index (χ3v) is 2.64. The summed E-state index contributed by atoms with van der Waals surface area (Å²) in [5.41, 5.74) is 1.20. The van der Waals surface area contributed by atoms with Gasteiger partial charge in [-0.05, 0) is 31.2 Å². The van der Waals surface area contributed by atoms with Crippen LogP contribution >= 0.6 is 0 Å². The number of carbonyl (C=O) groups is 1. The molecule has 0 fully saturated rings. The van der Waals surface area contributed by atoms with E-state index in [9.17, 15) is 4.79 Å². The molecule has 0 aliphatic carbocycles. The number of hydrogen-bond acceptors (Lipinski definition) is 2. The lowest BCUT2D eigenvalue weighted by atomic mass is 10.1. The van der Waals surface area contributed by atoms with Crippen LogP contribution in [-0.2, 0) is 11.2 Å². The van der Waals surface area contributed by atoms with Crippen molar-refractivity contribution in [3.05, 3.63) is 35.9 Å². The minimum absolute atomic E-state index is 0.109. The number of hydrogen-bond donors (Lipinski definition) is 2. The van der Waals surface area contributed by atoms with Crippen LogP contribution in [0, 0.1) is 0 Å². The van der Waals surface area contributed by atoms with Crippen LogP contribution in [0.5, 0.6) is 0 Å². The molecule has 0 saturated carbocycles. The van der Waals surface area contributed by atoms with Gasteiger partial charge in [-0.3, -0.25) is 4.79 Å². The van der Waals surface area contributed by atoms with Crippen molar-refractivity contribution in [3.63, 3.8) is 0 Å². The Labute approximate surface area is 103 Å². The fraction of sp³-hybridized carbons (Fsp3) is 0.500. The SMILES string of the molecule is O=C(CCc1ccccc1)NCCCCCO. The van der Waals surface area contributed by atoms with E-state index in [0.717, 1.165) is 25.7 Å². The molecule has 2 N–H and O–H groups in total. The van der Waals surface area contributed by atoms with E-state index < -0.39 is 0 Å². The molecule has 0 unspecified atom stereocenters. The van der Waals surface area contributed by atoms with Gasteiger partial charge in [-0.15, -0.1) is 0 Å². The van der Waals surface area contributed by atoms with Gasteiger partial charge in [0.25, 0.3) is 0 Å². The molecule has 1 aromatic carbocycles. The maximum atomic E-state index is 11.5. The fourth-order valence-electron chi connectivity index (χ4n) is 1.63. The Morgan fingerprint density at radius 3 is 2.59 bits per heavy atom. The van der Waals surface area contributed by atoms with Crippen LogP contribution in [0.25, 0.3) is 0 Å². The summed E-state index contributed by atoms with van der Waals surface area (Å²) in [6, 6.07) is 10.0. The summed E-state index contributed by atoms with van der Waals surface area (Å²) in [4.78, 5) is 11.5. The molecule has 0 aliphatic rings. The van der Waals surface area contributed by atoms with E-state index in [1.165, 1.54) is 5.56 Å². The Balaban J connectivity index is 2.05. The minimum Gasteiger partial charge on any atom is -0.396 e. The molecule has 0 aromatic heterocycles. The second-order valence-electron chi connectivity index (χ2n) is 4.12. The van der Waals surface area contributed by atoms with Gasteiger partial charge >= 0.3 is 0 Å². The second-order valence-corrected chi connectivity index (χ2v) is 4.12. The van der Waals surface area contributed by atoms with Crippen LogP contribution in [-0.4, -0.2) is 24.2 Å². The summed E-state index contributed by atoms with van der Waals surface area (Å²) >= 11 is 0. The largest absolute Gasteiger partial charge is 0.396 e. The Morgan fingerprint density at radius 1 is 1.12 bits per heavy atom. The van der Waals surface area contributed by atoms with Gasteiger partial charge in [0, 0.05) is 19.6 Å². The molecule has 3 nitrogen and oxygen atoms in total. The smallest absolute Gasteiger partial charge is 0.220 e. The summed E-state index contributed by atoms with van der Waals surface area (Å²) in [5.74, 6) is 0.109. The van der Waals surface area contributed by atoms with Crippen molar-refractivity contribution in [1.82, 2.24) is 5.32 Å². The van der Waals surface area contributed by atoms with Gasteiger partial charge in [0.1, 0.15) is 0 Å². The van der Waals surface area contributed by atoms with Gasteiger partial charge in [0.15, 0.2) is 0 Å². The summed E-state index contributed by atoms with van der Waals surface area (Å²) in [7, 11) is 0. The monoisotopic (exact) mass is 235 g/mol. The summed E-state index contributed by atoms with van der Waals surface area (Å²) in [6.45, 7) is 0.954. The van der Waals surface area contributed by atoms with Crippen LogP contribution in [0.15, 0.2) is 30.3 Å². The first-order valence-corrected chi connectivity index (χ1v) is 6.24. The highest BCUT2D eigenvalue weighted by atomic mass is 16.2. The van der Waals surface area contributed by atoms with Crippen LogP contribution in [0.3, 0.4) is 0 Å². The third-order valence-electron chi connectivity index (χ3n) is 2.64. The summed E-state index contributed by atoms with van der Waals surface area (Å²) in [5, 5.41) is 11.5. The molecule has 17 heavy (non-hydrogen) atoms. The summed E-state index contributed by atoms with van der Waals surface area (Å²) in [6.07, 6.45) is 4.07. The van der Waals surface area contributed by atoms with E-state index in [-0.39, 0.29) is 12.5 Å². The average Bonchev–Trinajstić information content (AvgIpc) is 2.37. The van der Waals surface area contributed by atoms with Crippen molar-refractivity contribution >= 4 is 5.91 Å². The highest BCUT2D eigenvalue weighted by Gasteiger charge is 2.00. The first kappa shape index (κ1) is 13.7. The van der Waals surface area contributed by atoms with Crippen molar-refractivity contribution in [1.29, 1.82) is 0 Å². The molecular formula is C14H21NO2. The standard InChI is InChI=1S/C14H21NO2/c16-12-6-2-5-11-15-14(17)10-9-13-7-3-1-4-8-13/h1,3-4,7-8,16H,2,5-6,9-12H2,(H,15,17). The van der Waals surface area contributed by atoms with Gasteiger partial charge < -0.3 is 10.4 Å². The van der Waals surface area contributed by atoms with Crippen molar-refractivity contribution < 1.29 is 9.90 Å². The number of aryl methyl sites for hydroxylation is 1. The number of unbranched alkanes of at least 4 members (excludes halogenated alkanes) is 2. The molecule has 1 amide bonds. The third kappa shape index (κ3) is 6.74. The Morgan fingerprint density at radius 2 is 1.88 bits per heavy atom. The number of amides is 1. The lowest BCUT2D eigenvalue weighted by Crippen LogP contribution is -2.24. The van der Waals surface area contributed by atoms with Crippen LogP contribution in [0.1, 0.15) is 31.2 Å². The molecule has 3 heteroatoms. The Bertz CT molecular complexity index is 311. The number of nitrogens with one attached hydrogen (secondary N) is 1. The predicted molar refractivity (Wildman–Crippen MR) is 68.7 cm³/mol. The number of benzene rings is 1. The molecule has 0 atom stereocenters. The number of aliphatic hydroxyl groups is 1. The highest BCUT2D eigenvalue weighted by molar-refractivity contribution is 5.76. The van der Waals surface area contributed by atoms with Crippen molar-refractivity contribution in [3.8, 4) is 0 Å². The molecular weight excluding hydrogens is 214 g/mol. The van der Waals surface area contributed by atoms with E-state index in [1.54, 1.807) is 0 Å². The minimum atomic E-state index is 0.109. The zero-order valence-electron chi connectivity index (χ0n) is 10.2. The van der Waals surface area contributed by atoms with Crippen LogP contribution in [0.4, 0.5) is 0 Å². The van der Waals surface area contributed by atoms with E-state index in [0.29, 0.717) is 13.0 Å². The molecule has 0 radical (unpaired) electrons. The number of rotatable bonds is 8. The number of aliphatic hydroxyl groups excluding tert-OH is 1. The molecule has 0 spiro atoms. The predicted octanol–water partition coefficient (Wildman–Crippen LogP) is 1.90. The van der Waals surface area contributed by atoms with Gasteiger partial charge in [0.2, 0.25) is 5.91 Å². The van der Waals surface area contributed by atoms with Crippen molar-refractivity contribution in [2.45, 2.75) is 32.1 Å². The van der Waals surface area contributed by atoms with E-state index in [4.69, 9.17) is 5.11 Å². The molecule has 0 aliphatic heterocycles. The van der Waals surface area contributed by atoms with Crippen molar-refractivity contribution in [2.75, 3.05) is 13.2 Å². The van der Waals surface area contributed by atoms with Crippen molar-refractivity contribution in [2.24, 2.45) is 0 Å². The zero-order chi connectivity index (χ0) is 12.3. The zero-order valence-corrected chi connectivity index (χ0v) is 10.2. The van der Waals surface area contributed by atoms with E-state index in [2.05, 4.69) is 5.32 Å². The highest BCUT2D eigenvalue weighted by Crippen LogP contribution is 2.02. The van der Waals surface area contributed by atoms with Crippen LogP contribution < -0.4 is 5.32 Å². The number of carbonyl (C=O) groups excluding carboxylic acids is 1. The molecule has 0 bridgehead atoms. The van der Waals surface area contributed by atoms with E-state index >= 15 is 0 Å². The topological polar surface area (TPSA) is 49.3 Å². The first-order chi connectivity index (χ1) is 8.33. The van der Waals surface area contributed by atoms with E-state index in [1.807, 2.05) is 30.3 Å². The lowest BCUT2D eigenvalue weighted by molar-refractivity contribution is -0.121. The summed E-state index contributed by atoms with van der Waals surface area (Å²) < 4.78 is 0. The normalized spacial score (nSPS) is 10.2. The Hall–Kier alpha value is -1.35. The quantitative estimate of drug-likeness (QED) is 0.676. The van der Waals surface area contributed by atoms with Gasteiger partial charge in [-0.1, -0.05) is 30.3 Å². The second kappa shape index (κ2) is 8.76. The Kier molecular flexibility index (Phi) is 7.07. The molecule has 1 aromatic rings. The van der Waals surface area contributed by atoms with Gasteiger partial charge in [0.05, 0.1) is 0 Å². The maximum absolute atomic E-state index is 11.5. The molecule has 0 heterocycles. The molecule has 1 rings (SSSR count).